The summed E-state index contributed by atoms with van der Waals surface area (Å²) in [5, 5.41) is 9.38. The Balaban J connectivity index is 1.39. The van der Waals surface area contributed by atoms with Crippen molar-refractivity contribution in [3.05, 3.63) is 103 Å². The molecule has 0 aliphatic rings. The predicted molar refractivity (Wildman–Crippen MR) is 137 cm³/mol. The van der Waals surface area contributed by atoms with Gasteiger partial charge in [-0.2, -0.15) is 0 Å². The third-order valence-electron chi connectivity index (χ3n) is 5.77. The van der Waals surface area contributed by atoms with Gasteiger partial charge in [0.05, 0.1) is 18.7 Å². The van der Waals surface area contributed by atoms with Crippen molar-refractivity contribution in [3.63, 3.8) is 0 Å². The van der Waals surface area contributed by atoms with Gasteiger partial charge in [-0.3, -0.25) is 0 Å². The van der Waals surface area contributed by atoms with Crippen molar-refractivity contribution in [2.75, 3.05) is 7.11 Å². The summed E-state index contributed by atoms with van der Waals surface area (Å²) < 4.78 is 13.2. The second kappa shape index (κ2) is 9.34. The Morgan fingerprint density at radius 3 is 2.42 bits per heavy atom. The first-order chi connectivity index (χ1) is 17.8. The lowest BCUT2D eigenvalue weighted by molar-refractivity contribution is 0.126. The Bertz CT molecular complexity index is 1670. The molecular formula is C28H21N5O3. The summed E-state index contributed by atoms with van der Waals surface area (Å²) in [4.78, 5) is 14.7. The minimum Gasteiger partial charge on any atom is -0.496 e. The van der Waals surface area contributed by atoms with E-state index in [4.69, 9.17) is 19.0 Å². The van der Waals surface area contributed by atoms with E-state index in [2.05, 4.69) is 15.2 Å². The van der Waals surface area contributed by atoms with Crippen LogP contribution in [0.25, 0.3) is 39.2 Å². The van der Waals surface area contributed by atoms with Crippen LogP contribution in [0.3, 0.4) is 0 Å². The topological polar surface area (TPSA) is 87.0 Å². The molecule has 0 bridgehead atoms. The number of aromatic nitrogens is 4. The molecule has 0 spiro atoms. The van der Waals surface area contributed by atoms with Gasteiger partial charge in [-0.15, -0.1) is 5.10 Å². The van der Waals surface area contributed by atoms with Crippen LogP contribution in [0.5, 0.6) is 5.75 Å². The Morgan fingerprint density at radius 2 is 1.64 bits per heavy atom. The highest BCUT2D eigenvalue weighted by molar-refractivity contribution is 6.07. The average Bonchev–Trinajstić information content (AvgIpc) is 3.53. The third kappa shape index (κ3) is 3.94. The van der Waals surface area contributed by atoms with Gasteiger partial charge in [-0.25, -0.2) is 14.5 Å². The Hall–Kier alpha value is -4.98. The fourth-order valence-electron chi connectivity index (χ4n) is 4.14. The van der Waals surface area contributed by atoms with Gasteiger partial charge in [0.1, 0.15) is 17.8 Å². The molecule has 3 aromatic carbocycles. The van der Waals surface area contributed by atoms with Crippen molar-refractivity contribution < 1.29 is 14.0 Å². The normalized spacial score (nSPS) is 11.5. The lowest BCUT2D eigenvalue weighted by Gasteiger charge is -2.03. The molecule has 0 radical (unpaired) electrons. The second-order valence-corrected chi connectivity index (χ2v) is 8.01. The number of oxime groups is 1. The van der Waals surface area contributed by atoms with E-state index in [0.717, 1.165) is 33.4 Å². The first-order valence-corrected chi connectivity index (χ1v) is 11.4. The van der Waals surface area contributed by atoms with Gasteiger partial charge in [0.15, 0.2) is 18.1 Å². The zero-order chi connectivity index (χ0) is 24.3. The van der Waals surface area contributed by atoms with Crippen molar-refractivity contribution in [2.45, 2.75) is 6.61 Å². The average molecular weight is 476 g/mol. The van der Waals surface area contributed by atoms with Crippen LogP contribution in [0.2, 0.25) is 0 Å². The van der Waals surface area contributed by atoms with E-state index in [1.54, 1.807) is 24.2 Å². The summed E-state index contributed by atoms with van der Waals surface area (Å²) >= 11 is 0. The summed E-state index contributed by atoms with van der Waals surface area (Å²) in [6.45, 7) is 0.0961. The number of nitrogens with zero attached hydrogens (tertiary/aromatic N) is 5. The molecule has 0 N–H and O–H groups in total. The molecule has 8 nitrogen and oxygen atoms in total. The molecule has 3 heterocycles. The number of methoxy groups -OCH3 is 1. The number of ether oxygens (including phenoxy) is 1. The SMILES string of the molecule is COc1ccccc1/C=N\OCc1nc2c3c(-c4ccccc4)c(-c4ccccc4)oc3ncn2n1. The molecule has 36 heavy (non-hydrogen) atoms. The van der Waals surface area contributed by atoms with Crippen LogP contribution in [-0.2, 0) is 11.4 Å². The van der Waals surface area contributed by atoms with Crippen molar-refractivity contribution in [1.82, 2.24) is 19.6 Å². The lowest BCUT2D eigenvalue weighted by Crippen LogP contribution is -1.94. The van der Waals surface area contributed by atoms with Crippen LogP contribution < -0.4 is 4.74 Å². The van der Waals surface area contributed by atoms with E-state index in [0.29, 0.717) is 22.9 Å². The molecule has 6 aromatic rings. The van der Waals surface area contributed by atoms with Crippen molar-refractivity contribution in [3.8, 4) is 28.2 Å². The van der Waals surface area contributed by atoms with Crippen LogP contribution in [0, 0.1) is 0 Å². The second-order valence-electron chi connectivity index (χ2n) is 8.01. The monoisotopic (exact) mass is 475 g/mol. The molecule has 0 aliphatic heterocycles. The van der Waals surface area contributed by atoms with Gasteiger partial charge < -0.3 is 14.0 Å². The number of hydrogen-bond donors (Lipinski definition) is 0. The minimum atomic E-state index is 0.0961. The fraction of sp³-hybridized carbons (Fsp3) is 0.0714. The highest BCUT2D eigenvalue weighted by Crippen LogP contribution is 2.41. The maximum absolute atomic E-state index is 6.27. The van der Waals surface area contributed by atoms with E-state index in [9.17, 15) is 0 Å². The Labute approximate surface area is 206 Å². The number of para-hydroxylation sites is 1. The third-order valence-corrected chi connectivity index (χ3v) is 5.77. The molecule has 0 unspecified atom stereocenters. The molecule has 0 fully saturated rings. The summed E-state index contributed by atoms with van der Waals surface area (Å²) in [7, 11) is 1.62. The van der Waals surface area contributed by atoms with Crippen molar-refractivity contribution >= 4 is 23.0 Å². The zero-order valence-electron chi connectivity index (χ0n) is 19.4. The van der Waals surface area contributed by atoms with Crippen LogP contribution >= 0.6 is 0 Å². The van der Waals surface area contributed by atoms with Gasteiger partial charge in [-0.05, 0) is 17.7 Å². The largest absolute Gasteiger partial charge is 0.496 e. The summed E-state index contributed by atoms with van der Waals surface area (Å²) in [6.07, 6.45) is 3.20. The lowest BCUT2D eigenvalue weighted by atomic mass is 9.99. The maximum atomic E-state index is 6.27. The number of rotatable bonds is 7. The van der Waals surface area contributed by atoms with Crippen LogP contribution in [-0.4, -0.2) is 32.9 Å². The molecule has 0 amide bonds. The van der Waals surface area contributed by atoms with Gasteiger partial charge >= 0.3 is 0 Å². The molecular weight excluding hydrogens is 454 g/mol. The van der Waals surface area contributed by atoms with E-state index < -0.39 is 0 Å². The maximum Gasteiger partial charge on any atom is 0.232 e. The number of furan rings is 1. The van der Waals surface area contributed by atoms with Crippen molar-refractivity contribution in [1.29, 1.82) is 0 Å². The zero-order valence-corrected chi connectivity index (χ0v) is 19.4. The number of fused-ring (bicyclic) bond motifs is 3. The molecule has 0 saturated heterocycles. The Kier molecular flexibility index (Phi) is 5.59. The van der Waals surface area contributed by atoms with E-state index in [1.807, 2.05) is 84.9 Å². The molecule has 8 heteroatoms. The molecule has 6 rings (SSSR count). The Morgan fingerprint density at radius 1 is 0.917 bits per heavy atom. The predicted octanol–water partition coefficient (Wildman–Crippen LogP) is 5.76. The fourth-order valence-corrected chi connectivity index (χ4v) is 4.14. The van der Waals surface area contributed by atoms with E-state index in [1.165, 1.54) is 0 Å². The highest BCUT2D eigenvalue weighted by Gasteiger charge is 2.22. The summed E-state index contributed by atoms with van der Waals surface area (Å²) in [6, 6.07) is 27.6. The summed E-state index contributed by atoms with van der Waals surface area (Å²) in [5.41, 5.74) is 4.83. The molecule has 3 aromatic heterocycles. The van der Waals surface area contributed by atoms with E-state index >= 15 is 0 Å². The van der Waals surface area contributed by atoms with Crippen LogP contribution in [0.15, 0.2) is 101 Å². The minimum absolute atomic E-state index is 0.0961. The van der Waals surface area contributed by atoms with Gasteiger partial charge in [0, 0.05) is 16.7 Å². The molecule has 176 valence electrons. The quantitative estimate of drug-likeness (QED) is 0.215. The first kappa shape index (κ1) is 21.5. The number of hydrogen-bond acceptors (Lipinski definition) is 7. The van der Waals surface area contributed by atoms with Gasteiger partial charge in [-0.1, -0.05) is 78.0 Å². The van der Waals surface area contributed by atoms with Crippen LogP contribution in [0.1, 0.15) is 11.4 Å². The molecule has 0 aliphatic carbocycles. The smallest absolute Gasteiger partial charge is 0.232 e. The number of benzene rings is 3. The highest BCUT2D eigenvalue weighted by atomic mass is 16.6. The van der Waals surface area contributed by atoms with E-state index in [-0.39, 0.29) is 6.61 Å². The van der Waals surface area contributed by atoms with Gasteiger partial charge in [0.2, 0.25) is 5.71 Å². The van der Waals surface area contributed by atoms with Crippen LogP contribution in [0.4, 0.5) is 0 Å². The van der Waals surface area contributed by atoms with Gasteiger partial charge in [0.25, 0.3) is 0 Å². The molecule has 0 atom stereocenters. The van der Waals surface area contributed by atoms with Crippen molar-refractivity contribution in [2.24, 2.45) is 5.16 Å². The standard InChI is InChI=1S/C28H21N5O3/c1-34-22-15-9-8-14-21(22)16-30-35-17-23-31-27-25-24(19-10-4-2-5-11-19)26(20-12-6-3-7-13-20)36-28(25)29-18-33(27)32-23/h2-16,18H,17H2,1H3/b30-16-. The molecule has 0 saturated carbocycles. The first-order valence-electron chi connectivity index (χ1n) is 11.4. The summed E-state index contributed by atoms with van der Waals surface area (Å²) in [5.74, 6) is 1.93.